The minimum atomic E-state index is 0.0346. The Morgan fingerprint density at radius 3 is 3.00 bits per heavy atom. The van der Waals surface area contributed by atoms with Crippen molar-refractivity contribution in [1.82, 2.24) is 4.90 Å². The van der Waals surface area contributed by atoms with Crippen molar-refractivity contribution in [3.05, 3.63) is 34.9 Å². The second-order valence-electron chi connectivity index (χ2n) is 5.69. The van der Waals surface area contributed by atoms with Crippen LogP contribution in [0.3, 0.4) is 0 Å². The zero-order valence-electron chi connectivity index (χ0n) is 12.4. The van der Waals surface area contributed by atoms with E-state index in [4.69, 9.17) is 22.1 Å². The lowest BCUT2D eigenvalue weighted by atomic mass is 9.92. The van der Waals surface area contributed by atoms with Gasteiger partial charge in [-0.15, -0.1) is 0 Å². The molecule has 0 radical (unpaired) electrons. The van der Waals surface area contributed by atoms with Crippen LogP contribution in [0.2, 0.25) is 5.02 Å². The molecule has 1 aliphatic rings. The van der Waals surface area contributed by atoms with Gasteiger partial charge in [-0.1, -0.05) is 29.8 Å². The molecule has 116 valence electrons. The number of nitrogens with zero attached hydrogens (tertiary/aromatic N) is 1. The Labute approximate surface area is 131 Å². The van der Waals surface area contributed by atoms with Gasteiger partial charge in [0.05, 0.1) is 6.61 Å². The van der Waals surface area contributed by atoms with Gasteiger partial charge >= 0.3 is 0 Å². The number of rotatable bonds is 5. The van der Waals surface area contributed by atoms with Gasteiger partial charge in [-0.2, -0.15) is 0 Å². The van der Waals surface area contributed by atoms with Crippen LogP contribution in [-0.2, 0) is 16.1 Å². The Bertz CT molecular complexity index is 479. The van der Waals surface area contributed by atoms with Crippen LogP contribution >= 0.6 is 11.6 Å². The van der Waals surface area contributed by atoms with E-state index in [1.165, 1.54) is 0 Å². The molecule has 2 atom stereocenters. The molecule has 1 saturated heterocycles. The molecule has 1 aromatic rings. The van der Waals surface area contributed by atoms with E-state index >= 15 is 0 Å². The van der Waals surface area contributed by atoms with E-state index in [1.54, 1.807) is 0 Å². The number of carbonyl (C=O) groups excluding carboxylic acids is 1. The molecule has 5 heteroatoms. The van der Waals surface area contributed by atoms with Crippen molar-refractivity contribution < 1.29 is 9.53 Å². The monoisotopic (exact) mass is 310 g/mol. The predicted molar refractivity (Wildman–Crippen MR) is 84.1 cm³/mol. The number of nitrogens with two attached hydrogens (primary N) is 1. The largest absolute Gasteiger partial charge is 0.367 e. The first-order chi connectivity index (χ1) is 10.1. The number of ether oxygens (including phenoxy) is 1. The number of hydrogen-bond donors (Lipinski definition) is 1. The number of carbonyl (C=O) groups is 1. The Morgan fingerprint density at radius 1 is 1.52 bits per heavy atom. The molecule has 1 amide bonds. The minimum absolute atomic E-state index is 0.0346. The number of likely N-dealkylation sites (tertiary alicyclic amines) is 1. The summed E-state index contributed by atoms with van der Waals surface area (Å²) in [5.41, 5.74) is 6.84. The highest BCUT2D eigenvalue weighted by molar-refractivity contribution is 6.31. The van der Waals surface area contributed by atoms with Gasteiger partial charge in [0.2, 0.25) is 5.91 Å². The van der Waals surface area contributed by atoms with Crippen LogP contribution < -0.4 is 5.73 Å². The molecule has 1 fully saturated rings. The fourth-order valence-corrected chi connectivity index (χ4v) is 2.81. The molecule has 0 bridgehead atoms. The van der Waals surface area contributed by atoms with Crippen molar-refractivity contribution in [1.29, 1.82) is 0 Å². The lowest BCUT2D eigenvalue weighted by Gasteiger charge is -2.34. The average molecular weight is 311 g/mol. The summed E-state index contributed by atoms with van der Waals surface area (Å²) >= 11 is 6.05. The van der Waals surface area contributed by atoms with Gasteiger partial charge in [0.15, 0.2) is 0 Å². The maximum Gasteiger partial charge on any atom is 0.248 e. The maximum absolute atomic E-state index is 12.2. The summed E-state index contributed by atoms with van der Waals surface area (Å²) in [5.74, 6) is 0.429. The van der Waals surface area contributed by atoms with Crippen LogP contribution in [0, 0.1) is 5.92 Å². The van der Waals surface area contributed by atoms with Gasteiger partial charge < -0.3 is 15.4 Å². The molecule has 2 N–H and O–H groups in total. The molecule has 1 heterocycles. The molecule has 1 aliphatic heterocycles. The van der Waals surface area contributed by atoms with Gasteiger partial charge in [0, 0.05) is 24.2 Å². The molecule has 0 aliphatic carbocycles. The van der Waals surface area contributed by atoms with E-state index in [1.807, 2.05) is 36.1 Å². The van der Waals surface area contributed by atoms with Crippen molar-refractivity contribution in [2.24, 2.45) is 11.7 Å². The molecule has 21 heavy (non-hydrogen) atoms. The van der Waals surface area contributed by atoms with Crippen LogP contribution in [0.1, 0.15) is 25.3 Å². The van der Waals surface area contributed by atoms with E-state index in [2.05, 4.69) is 0 Å². The summed E-state index contributed by atoms with van der Waals surface area (Å²) in [6.07, 6.45) is 2.12. The number of amides is 1. The third-order valence-electron chi connectivity index (χ3n) is 4.00. The second-order valence-corrected chi connectivity index (χ2v) is 6.09. The SMILES string of the molecule is C[C@@H](N)[C@@H]1CCCN(C(=O)COCc2ccccc2Cl)C1. The first-order valence-electron chi connectivity index (χ1n) is 7.42. The average Bonchev–Trinajstić information content (AvgIpc) is 2.49. The van der Waals surface area contributed by atoms with Crippen LogP contribution in [0.5, 0.6) is 0 Å². The van der Waals surface area contributed by atoms with E-state index in [0.29, 0.717) is 17.5 Å². The smallest absolute Gasteiger partial charge is 0.248 e. The van der Waals surface area contributed by atoms with Crippen LogP contribution in [-0.4, -0.2) is 36.5 Å². The summed E-state index contributed by atoms with van der Waals surface area (Å²) in [5, 5.41) is 0.667. The molecular weight excluding hydrogens is 288 g/mol. The second kappa shape index (κ2) is 7.78. The fourth-order valence-electron chi connectivity index (χ4n) is 2.62. The van der Waals surface area contributed by atoms with Crippen molar-refractivity contribution in [2.75, 3.05) is 19.7 Å². The highest BCUT2D eigenvalue weighted by Gasteiger charge is 2.25. The Kier molecular flexibility index (Phi) is 6.03. The first-order valence-corrected chi connectivity index (χ1v) is 7.80. The van der Waals surface area contributed by atoms with E-state index in [9.17, 15) is 4.79 Å². The fraction of sp³-hybridized carbons (Fsp3) is 0.562. The number of benzene rings is 1. The quantitative estimate of drug-likeness (QED) is 0.909. The molecular formula is C16H23ClN2O2. The molecule has 2 rings (SSSR count). The predicted octanol–water partition coefficient (Wildman–Crippen LogP) is 2.44. The summed E-state index contributed by atoms with van der Waals surface area (Å²) in [6.45, 7) is 4.00. The van der Waals surface area contributed by atoms with Crippen LogP contribution in [0.25, 0.3) is 0 Å². The Balaban J connectivity index is 1.78. The van der Waals surface area contributed by atoms with Crippen molar-refractivity contribution in [2.45, 2.75) is 32.4 Å². The summed E-state index contributed by atoms with van der Waals surface area (Å²) in [4.78, 5) is 14.0. The lowest BCUT2D eigenvalue weighted by molar-refractivity contribution is -0.138. The number of halogens is 1. The Hall–Kier alpha value is -1.10. The summed E-state index contributed by atoms with van der Waals surface area (Å²) in [7, 11) is 0. The molecule has 0 aromatic heterocycles. The summed E-state index contributed by atoms with van der Waals surface area (Å²) < 4.78 is 5.50. The highest BCUT2D eigenvalue weighted by atomic mass is 35.5. The molecule has 1 aromatic carbocycles. The minimum Gasteiger partial charge on any atom is -0.367 e. The lowest BCUT2D eigenvalue weighted by Crippen LogP contribution is -2.46. The third kappa shape index (κ3) is 4.70. The molecule has 4 nitrogen and oxygen atoms in total. The normalized spacial score (nSPS) is 20.3. The number of hydrogen-bond acceptors (Lipinski definition) is 3. The maximum atomic E-state index is 12.2. The zero-order chi connectivity index (χ0) is 15.2. The van der Waals surface area contributed by atoms with Gasteiger partial charge in [0.1, 0.15) is 6.61 Å². The van der Waals surface area contributed by atoms with Crippen LogP contribution in [0.15, 0.2) is 24.3 Å². The molecule has 0 unspecified atom stereocenters. The van der Waals surface area contributed by atoms with E-state index in [0.717, 1.165) is 31.5 Å². The number of piperidine rings is 1. The zero-order valence-corrected chi connectivity index (χ0v) is 13.2. The summed E-state index contributed by atoms with van der Waals surface area (Å²) in [6, 6.07) is 7.63. The van der Waals surface area contributed by atoms with Gasteiger partial charge in [-0.05, 0) is 37.3 Å². The van der Waals surface area contributed by atoms with E-state index in [-0.39, 0.29) is 18.6 Å². The van der Waals surface area contributed by atoms with Gasteiger partial charge in [-0.25, -0.2) is 0 Å². The van der Waals surface area contributed by atoms with Crippen molar-refractivity contribution in [3.63, 3.8) is 0 Å². The van der Waals surface area contributed by atoms with Gasteiger partial charge in [0.25, 0.3) is 0 Å². The first kappa shape index (κ1) is 16.3. The standard InChI is InChI=1S/C16H23ClN2O2/c1-12(18)13-6-4-8-19(9-13)16(20)11-21-10-14-5-2-3-7-15(14)17/h2-3,5,7,12-13H,4,6,8-11,18H2,1H3/t12-,13-/m1/s1. The topological polar surface area (TPSA) is 55.6 Å². The molecule has 0 saturated carbocycles. The van der Waals surface area contributed by atoms with Crippen LogP contribution in [0.4, 0.5) is 0 Å². The highest BCUT2D eigenvalue weighted by Crippen LogP contribution is 2.19. The Morgan fingerprint density at radius 2 is 2.29 bits per heavy atom. The van der Waals surface area contributed by atoms with E-state index < -0.39 is 0 Å². The van der Waals surface area contributed by atoms with Gasteiger partial charge in [-0.3, -0.25) is 4.79 Å². The van der Waals surface area contributed by atoms with Crippen molar-refractivity contribution in [3.8, 4) is 0 Å². The third-order valence-corrected chi connectivity index (χ3v) is 4.36. The van der Waals surface area contributed by atoms with Crippen molar-refractivity contribution >= 4 is 17.5 Å². The molecule has 0 spiro atoms.